The van der Waals surface area contributed by atoms with Gasteiger partial charge in [-0.1, -0.05) is 44.2 Å². The molecular weight excluding hydrogens is 222 g/mol. The molecule has 2 nitrogen and oxygen atoms in total. The van der Waals surface area contributed by atoms with Crippen LogP contribution in [-0.4, -0.2) is 24.3 Å². The lowest BCUT2D eigenvalue weighted by Gasteiger charge is -2.38. The molecule has 0 atom stereocenters. The van der Waals surface area contributed by atoms with Gasteiger partial charge >= 0.3 is 0 Å². The van der Waals surface area contributed by atoms with Crippen LogP contribution in [0.5, 0.6) is 0 Å². The van der Waals surface area contributed by atoms with E-state index in [0.717, 1.165) is 18.9 Å². The number of aliphatic hydroxyl groups is 1. The predicted molar refractivity (Wildman–Crippen MR) is 75.7 cm³/mol. The molecule has 1 aromatic rings. The molecule has 0 heterocycles. The summed E-state index contributed by atoms with van der Waals surface area (Å²) in [6.45, 7) is 5.71. The molecule has 0 amide bonds. The molecule has 0 aliphatic heterocycles. The zero-order chi connectivity index (χ0) is 13.0. The van der Waals surface area contributed by atoms with E-state index < -0.39 is 0 Å². The molecule has 2 N–H and O–H groups in total. The van der Waals surface area contributed by atoms with Gasteiger partial charge in [0.2, 0.25) is 0 Å². The SMILES string of the molecule is CC(C)(CCO)CNC1CC(c2ccccc2)C1. The molecule has 0 unspecified atom stereocenters. The molecule has 1 saturated carbocycles. The van der Waals surface area contributed by atoms with Crippen LogP contribution >= 0.6 is 0 Å². The van der Waals surface area contributed by atoms with Gasteiger partial charge in [0.15, 0.2) is 0 Å². The summed E-state index contributed by atoms with van der Waals surface area (Å²) in [7, 11) is 0. The summed E-state index contributed by atoms with van der Waals surface area (Å²) in [5, 5.41) is 12.6. The first-order valence-electron chi connectivity index (χ1n) is 7.00. The van der Waals surface area contributed by atoms with Crippen LogP contribution in [0.25, 0.3) is 0 Å². The lowest BCUT2D eigenvalue weighted by molar-refractivity contribution is 0.187. The molecule has 1 fully saturated rings. The van der Waals surface area contributed by atoms with E-state index in [9.17, 15) is 0 Å². The normalized spacial score (nSPS) is 23.7. The highest BCUT2D eigenvalue weighted by molar-refractivity contribution is 5.22. The Morgan fingerprint density at radius 2 is 1.89 bits per heavy atom. The van der Waals surface area contributed by atoms with E-state index >= 15 is 0 Å². The van der Waals surface area contributed by atoms with Crippen LogP contribution in [0.2, 0.25) is 0 Å². The van der Waals surface area contributed by atoms with Crippen LogP contribution in [-0.2, 0) is 0 Å². The summed E-state index contributed by atoms with van der Waals surface area (Å²) >= 11 is 0. The summed E-state index contributed by atoms with van der Waals surface area (Å²) in [5.74, 6) is 0.740. The molecule has 1 aromatic carbocycles. The lowest BCUT2D eigenvalue weighted by atomic mass is 9.75. The Labute approximate surface area is 110 Å². The number of benzene rings is 1. The molecular formula is C16H25NO. The third-order valence-electron chi connectivity index (χ3n) is 4.07. The number of hydrogen-bond donors (Lipinski definition) is 2. The Morgan fingerprint density at radius 3 is 2.50 bits per heavy atom. The van der Waals surface area contributed by atoms with Crippen molar-refractivity contribution in [3.05, 3.63) is 35.9 Å². The molecule has 0 radical (unpaired) electrons. The van der Waals surface area contributed by atoms with Gasteiger partial charge in [0.25, 0.3) is 0 Å². The minimum Gasteiger partial charge on any atom is -0.396 e. The molecule has 0 saturated heterocycles. The summed E-state index contributed by atoms with van der Waals surface area (Å²) in [5.41, 5.74) is 1.68. The fourth-order valence-corrected chi connectivity index (χ4v) is 2.59. The topological polar surface area (TPSA) is 32.3 Å². The molecule has 100 valence electrons. The predicted octanol–water partition coefficient (Wildman–Crippen LogP) is 2.93. The van der Waals surface area contributed by atoms with Gasteiger partial charge in [0.05, 0.1) is 0 Å². The molecule has 0 aromatic heterocycles. The molecule has 2 rings (SSSR count). The highest BCUT2D eigenvalue weighted by atomic mass is 16.3. The van der Waals surface area contributed by atoms with Gasteiger partial charge in [-0.2, -0.15) is 0 Å². The summed E-state index contributed by atoms with van der Waals surface area (Å²) in [4.78, 5) is 0. The Morgan fingerprint density at radius 1 is 1.22 bits per heavy atom. The van der Waals surface area contributed by atoms with Crippen molar-refractivity contribution >= 4 is 0 Å². The van der Waals surface area contributed by atoms with Crippen molar-refractivity contribution in [3.63, 3.8) is 0 Å². The third kappa shape index (κ3) is 3.56. The number of rotatable bonds is 6. The van der Waals surface area contributed by atoms with E-state index in [1.807, 2.05) is 0 Å². The van der Waals surface area contributed by atoms with Gasteiger partial charge in [-0.25, -0.2) is 0 Å². The van der Waals surface area contributed by atoms with Crippen LogP contribution in [0, 0.1) is 5.41 Å². The van der Waals surface area contributed by atoms with E-state index in [1.54, 1.807) is 0 Å². The van der Waals surface area contributed by atoms with Crippen molar-refractivity contribution in [2.75, 3.05) is 13.2 Å². The molecule has 2 heteroatoms. The van der Waals surface area contributed by atoms with Crippen molar-refractivity contribution in [2.45, 2.75) is 45.1 Å². The molecule has 0 bridgehead atoms. The molecule has 18 heavy (non-hydrogen) atoms. The summed E-state index contributed by atoms with van der Waals surface area (Å²) in [6.07, 6.45) is 3.37. The second kappa shape index (κ2) is 5.85. The van der Waals surface area contributed by atoms with Gasteiger partial charge in [-0.05, 0) is 36.2 Å². The Balaban J connectivity index is 1.71. The molecule has 1 aliphatic carbocycles. The van der Waals surface area contributed by atoms with Crippen LogP contribution in [0.1, 0.15) is 44.6 Å². The quantitative estimate of drug-likeness (QED) is 0.810. The average Bonchev–Trinajstić information content (AvgIpc) is 2.28. The minimum absolute atomic E-state index is 0.201. The second-order valence-electron chi connectivity index (χ2n) is 6.29. The van der Waals surface area contributed by atoms with Gasteiger partial charge in [0.1, 0.15) is 0 Å². The highest BCUT2D eigenvalue weighted by Gasteiger charge is 2.31. The van der Waals surface area contributed by atoms with Crippen molar-refractivity contribution in [1.82, 2.24) is 5.32 Å². The Kier molecular flexibility index (Phi) is 4.41. The van der Waals surface area contributed by atoms with E-state index in [1.165, 1.54) is 18.4 Å². The van der Waals surface area contributed by atoms with Crippen LogP contribution in [0.4, 0.5) is 0 Å². The number of nitrogens with one attached hydrogen (secondary N) is 1. The summed E-state index contributed by atoms with van der Waals surface area (Å²) in [6, 6.07) is 11.5. The monoisotopic (exact) mass is 247 g/mol. The van der Waals surface area contributed by atoms with E-state index in [2.05, 4.69) is 49.5 Å². The zero-order valence-electron chi connectivity index (χ0n) is 11.5. The van der Waals surface area contributed by atoms with Crippen molar-refractivity contribution < 1.29 is 5.11 Å². The van der Waals surface area contributed by atoms with E-state index in [-0.39, 0.29) is 12.0 Å². The first-order chi connectivity index (χ1) is 8.61. The molecule has 1 aliphatic rings. The van der Waals surface area contributed by atoms with E-state index in [4.69, 9.17) is 5.11 Å². The largest absolute Gasteiger partial charge is 0.396 e. The van der Waals surface area contributed by atoms with Crippen molar-refractivity contribution in [1.29, 1.82) is 0 Å². The Hall–Kier alpha value is -0.860. The minimum atomic E-state index is 0.201. The number of hydrogen-bond acceptors (Lipinski definition) is 2. The van der Waals surface area contributed by atoms with Crippen LogP contribution in [0.15, 0.2) is 30.3 Å². The van der Waals surface area contributed by atoms with Gasteiger partial charge < -0.3 is 10.4 Å². The van der Waals surface area contributed by atoms with Crippen molar-refractivity contribution in [3.8, 4) is 0 Å². The standard InChI is InChI=1S/C16H25NO/c1-16(2,8-9-18)12-17-15-10-14(11-15)13-6-4-3-5-7-13/h3-7,14-15,17-18H,8-12H2,1-2H3. The second-order valence-corrected chi connectivity index (χ2v) is 6.29. The third-order valence-corrected chi connectivity index (χ3v) is 4.07. The first-order valence-corrected chi connectivity index (χ1v) is 7.00. The summed E-state index contributed by atoms with van der Waals surface area (Å²) < 4.78 is 0. The Bertz CT molecular complexity index is 355. The lowest BCUT2D eigenvalue weighted by Crippen LogP contribution is -2.44. The first kappa shape index (κ1) is 13.6. The average molecular weight is 247 g/mol. The van der Waals surface area contributed by atoms with Gasteiger partial charge in [-0.15, -0.1) is 0 Å². The van der Waals surface area contributed by atoms with Crippen LogP contribution < -0.4 is 5.32 Å². The highest BCUT2D eigenvalue weighted by Crippen LogP contribution is 2.37. The molecule has 0 spiro atoms. The maximum absolute atomic E-state index is 9.00. The maximum atomic E-state index is 9.00. The smallest absolute Gasteiger partial charge is 0.0436 e. The van der Waals surface area contributed by atoms with Gasteiger partial charge in [-0.3, -0.25) is 0 Å². The fraction of sp³-hybridized carbons (Fsp3) is 0.625. The zero-order valence-corrected chi connectivity index (χ0v) is 11.5. The van der Waals surface area contributed by atoms with Crippen molar-refractivity contribution in [2.24, 2.45) is 5.41 Å². The van der Waals surface area contributed by atoms with E-state index in [0.29, 0.717) is 6.04 Å². The maximum Gasteiger partial charge on any atom is 0.0436 e. The van der Waals surface area contributed by atoms with Gasteiger partial charge in [0, 0.05) is 19.2 Å². The number of aliphatic hydroxyl groups excluding tert-OH is 1. The fourth-order valence-electron chi connectivity index (χ4n) is 2.59. The van der Waals surface area contributed by atoms with Crippen LogP contribution in [0.3, 0.4) is 0 Å².